The van der Waals surface area contributed by atoms with Gasteiger partial charge >= 0.3 is 0 Å². The van der Waals surface area contributed by atoms with Crippen molar-refractivity contribution in [3.8, 4) is 0 Å². The molecule has 2 aromatic heterocycles. The van der Waals surface area contributed by atoms with Crippen LogP contribution in [0, 0.1) is 13.8 Å². The number of carbonyl (C=O) groups excluding carboxylic acids is 1. The zero-order valence-electron chi connectivity index (χ0n) is 10.9. The minimum atomic E-state index is -0.0306. The number of fused-ring (bicyclic) bond motifs is 1. The van der Waals surface area contributed by atoms with Gasteiger partial charge in [-0.05, 0) is 37.7 Å². The van der Waals surface area contributed by atoms with Crippen LogP contribution in [-0.4, -0.2) is 21.9 Å². The summed E-state index contributed by atoms with van der Waals surface area (Å²) in [5.41, 5.74) is 3.84. The number of thioether (sulfide) groups is 1. The normalized spacial score (nSPS) is 14.2. The summed E-state index contributed by atoms with van der Waals surface area (Å²) in [5, 5.41) is 9.92. The fraction of sp³-hybridized carbons (Fsp3) is 0.385. The third-order valence-corrected chi connectivity index (χ3v) is 5.46. The molecule has 4 nitrogen and oxygen atoms in total. The molecule has 2 N–H and O–H groups in total. The third-order valence-electron chi connectivity index (χ3n) is 3.22. The van der Waals surface area contributed by atoms with Crippen molar-refractivity contribution in [2.75, 3.05) is 11.1 Å². The molecular weight excluding hydrogens is 278 g/mol. The van der Waals surface area contributed by atoms with Crippen molar-refractivity contribution >= 4 is 34.7 Å². The van der Waals surface area contributed by atoms with Gasteiger partial charge in [0.15, 0.2) is 0 Å². The van der Waals surface area contributed by atoms with Gasteiger partial charge in [-0.15, -0.1) is 11.3 Å². The first-order valence-electron chi connectivity index (χ1n) is 6.17. The number of rotatable bonds is 2. The number of nitrogens with zero attached hydrogens (tertiary/aromatic N) is 1. The minimum Gasteiger partial charge on any atom is -0.318 e. The van der Waals surface area contributed by atoms with Gasteiger partial charge in [-0.2, -0.15) is 16.9 Å². The topological polar surface area (TPSA) is 57.8 Å². The molecule has 0 fully saturated rings. The van der Waals surface area contributed by atoms with Crippen molar-refractivity contribution in [3.63, 3.8) is 0 Å². The maximum atomic E-state index is 12.3. The van der Waals surface area contributed by atoms with E-state index in [1.807, 2.05) is 31.7 Å². The van der Waals surface area contributed by atoms with Gasteiger partial charge in [0, 0.05) is 10.6 Å². The Balaban J connectivity index is 1.83. The summed E-state index contributed by atoms with van der Waals surface area (Å²) in [6.07, 6.45) is 1.09. The molecule has 0 saturated carbocycles. The summed E-state index contributed by atoms with van der Waals surface area (Å²) >= 11 is 3.55. The maximum absolute atomic E-state index is 12.3. The van der Waals surface area contributed by atoms with E-state index >= 15 is 0 Å². The average Bonchev–Trinajstić information content (AvgIpc) is 2.97. The highest BCUT2D eigenvalue weighted by molar-refractivity contribution is 7.98. The van der Waals surface area contributed by atoms with Crippen LogP contribution in [0.2, 0.25) is 0 Å². The highest BCUT2D eigenvalue weighted by Crippen LogP contribution is 2.32. The zero-order valence-corrected chi connectivity index (χ0v) is 12.5. The summed E-state index contributed by atoms with van der Waals surface area (Å²) in [4.78, 5) is 14.4. The fourth-order valence-electron chi connectivity index (χ4n) is 2.17. The molecule has 0 radical (unpaired) electrons. The van der Waals surface area contributed by atoms with Crippen molar-refractivity contribution in [1.29, 1.82) is 0 Å². The van der Waals surface area contributed by atoms with Gasteiger partial charge < -0.3 is 5.32 Å². The van der Waals surface area contributed by atoms with E-state index in [0.29, 0.717) is 0 Å². The molecule has 2 aromatic rings. The minimum absolute atomic E-state index is 0.0306. The number of amides is 1. The van der Waals surface area contributed by atoms with E-state index in [9.17, 15) is 4.79 Å². The van der Waals surface area contributed by atoms with E-state index in [0.717, 1.165) is 39.9 Å². The smallest absolute Gasteiger partial charge is 0.265 e. The van der Waals surface area contributed by atoms with Crippen molar-refractivity contribution in [3.05, 3.63) is 32.8 Å². The van der Waals surface area contributed by atoms with Crippen LogP contribution < -0.4 is 5.32 Å². The Morgan fingerprint density at radius 1 is 1.47 bits per heavy atom. The predicted octanol–water partition coefficient (Wildman–Crippen LogP) is 3.13. The molecule has 0 spiro atoms. The molecule has 0 bridgehead atoms. The van der Waals surface area contributed by atoms with Crippen molar-refractivity contribution in [2.45, 2.75) is 26.0 Å². The SMILES string of the molecule is Cc1n[nH]c(C)c1NC(=O)c1cc2c(s1)CCSC2. The summed E-state index contributed by atoms with van der Waals surface area (Å²) < 4.78 is 0. The van der Waals surface area contributed by atoms with Crippen LogP contribution in [0.1, 0.15) is 31.5 Å². The van der Waals surface area contributed by atoms with Gasteiger partial charge in [0.1, 0.15) is 0 Å². The first-order chi connectivity index (χ1) is 9.15. The lowest BCUT2D eigenvalue weighted by atomic mass is 10.2. The Hall–Kier alpha value is -1.27. The Bertz CT molecular complexity index is 587. The summed E-state index contributed by atoms with van der Waals surface area (Å²) in [6, 6.07) is 2.03. The van der Waals surface area contributed by atoms with Crippen LogP contribution in [-0.2, 0) is 12.2 Å². The Kier molecular flexibility index (Phi) is 3.36. The van der Waals surface area contributed by atoms with E-state index in [1.54, 1.807) is 11.3 Å². The lowest BCUT2D eigenvalue weighted by Crippen LogP contribution is -2.11. The standard InChI is InChI=1S/C13H15N3OS2/c1-7-12(8(2)16-15-7)14-13(17)11-5-9-6-18-4-3-10(9)19-11/h5H,3-4,6H2,1-2H3,(H,14,17)(H,15,16). The molecule has 0 aromatic carbocycles. The van der Waals surface area contributed by atoms with Crippen molar-refractivity contribution in [1.82, 2.24) is 10.2 Å². The zero-order chi connectivity index (χ0) is 13.4. The highest BCUT2D eigenvalue weighted by Gasteiger charge is 2.19. The second-order valence-electron chi connectivity index (χ2n) is 4.62. The molecule has 0 unspecified atom stereocenters. The number of hydrogen-bond acceptors (Lipinski definition) is 4. The molecule has 0 saturated heterocycles. The van der Waals surface area contributed by atoms with Crippen LogP contribution >= 0.6 is 23.1 Å². The number of aryl methyl sites for hydroxylation is 3. The molecular formula is C13H15N3OS2. The summed E-state index contributed by atoms with van der Waals surface area (Å²) in [5.74, 6) is 2.16. The Morgan fingerprint density at radius 3 is 3.00 bits per heavy atom. The number of hydrogen-bond donors (Lipinski definition) is 2. The van der Waals surface area contributed by atoms with Gasteiger partial charge in [0.05, 0.1) is 22.0 Å². The lowest BCUT2D eigenvalue weighted by molar-refractivity contribution is 0.103. The van der Waals surface area contributed by atoms with E-state index in [-0.39, 0.29) is 5.91 Å². The van der Waals surface area contributed by atoms with Gasteiger partial charge in [-0.1, -0.05) is 0 Å². The number of carbonyl (C=O) groups is 1. The Morgan fingerprint density at radius 2 is 2.32 bits per heavy atom. The largest absolute Gasteiger partial charge is 0.318 e. The van der Waals surface area contributed by atoms with Crippen molar-refractivity contribution < 1.29 is 4.79 Å². The van der Waals surface area contributed by atoms with Crippen LogP contribution in [0.3, 0.4) is 0 Å². The first-order valence-corrected chi connectivity index (χ1v) is 8.14. The van der Waals surface area contributed by atoms with Gasteiger partial charge in [-0.25, -0.2) is 0 Å². The van der Waals surface area contributed by atoms with Crippen LogP contribution in [0.5, 0.6) is 0 Å². The van der Waals surface area contributed by atoms with E-state index < -0.39 is 0 Å². The van der Waals surface area contributed by atoms with Gasteiger partial charge in [-0.3, -0.25) is 9.89 Å². The molecule has 0 atom stereocenters. The summed E-state index contributed by atoms with van der Waals surface area (Å²) in [6.45, 7) is 3.79. The fourth-order valence-corrected chi connectivity index (χ4v) is 4.44. The second kappa shape index (κ2) is 5.02. The van der Waals surface area contributed by atoms with Gasteiger partial charge in [0.2, 0.25) is 0 Å². The number of thiophene rings is 1. The molecule has 19 heavy (non-hydrogen) atoms. The first kappa shape index (κ1) is 12.7. The quantitative estimate of drug-likeness (QED) is 0.894. The predicted molar refractivity (Wildman–Crippen MR) is 80.2 cm³/mol. The number of anilines is 1. The Labute approximate surface area is 120 Å². The van der Waals surface area contributed by atoms with E-state index in [1.165, 1.54) is 10.4 Å². The molecule has 1 aliphatic rings. The molecule has 0 aliphatic carbocycles. The highest BCUT2D eigenvalue weighted by atomic mass is 32.2. The summed E-state index contributed by atoms with van der Waals surface area (Å²) in [7, 11) is 0. The molecule has 3 rings (SSSR count). The molecule has 1 aliphatic heterocycles. The number of nitrogens with one attached hydrogen (secondary N) is 2. The monoisotopic (exact) mass is 293 g/mol. The van der Waals surface area contributed by atoms with Crippen LogP contribution in [0.4, 0.5) is 5.69 Å². The number of aromatic nitrogens is 2. The molecule has 6 heteroatoms. The average molecular weight is 293 g/mol. The van der Waals surface area contributed by atoms with Crippen molar-refractivity contribution in [2.24, 2.45) is 0 Å². The second-order valence-corrected chi connectivity index (χ2v) is 6.87. The molecule has 3 heterocycles. The van der Waals surface area contributed by atoms with Crippen LogP contribution in [0.15, 0.2) is 6.07 Å². The number of H-pyrrole nitrogens is 1. The molecule has 1 amide bonds. The number of aromatic amines is 1. The third kappa shape index (κ3) is 2.42. The van der Waals surface area contributed by atoms with E-state index in [2.05, 4.69) is 15.5 Å². The molecule has 100 valence electrons. The lowest BCUT2D eigenvalue weighted by Gasteiger charge is -2.08. The maximum Gasteiger partial charge on any atom is 0.265 e. The van der Waals surface area contributed by atoms with E-state index in [4.69, 9.17) is 0 Å². The van der Waals surface area contributed by atoms with Crippen LogP contribution in [0.25, 0.3) is 0 Å². The van der Waals surface area contributed by atoms with Gasteiger partial charge in [0.25, 0.3) is 5.91 Å².